The average Bonchev–Trinajstić information content (AvgIpc) is 3.63. The van der Waals surface area contributed by atoms with Gasteiger partial charge in [0, 0.05) is 35.6 Å². The number of aliphatic hydroxyl groups is 2. The van der Waals surface area contributed by atoms with Crippen molar-refractivity contribution >= 4 is 35.8 Å². The van der Waals surface area contributed by atoms with Crippen LogP contribution in [0, 0.1) is 0 Å². The van der Waals surface area contributed by atoms with Crippen molar-refractivity contribution in [3.05, 3.63) is 125 Å². The molecule has 62 heavy (non-hydrogen) atoms. The summed E-state index contributed by atoms with van der Waals surface area (Å²) in [6.07, 6.45) is -6.30. The number of halogens is 3. The molecule has 3 aromatic rings. The fraction of sp³-hybridized carbons (Fsp3) is 0.400. The molecule has 0 spiro atoms. The number of carbonyl (C=O) groups is 5. The first-order valence-electron chi connectivity index (χ1n) is 19.8. The molecule has 17 heteroatoms. The molecule has 14 nitrogen and oxygen atoms in total. The highest BCUT2D eigenvalue weighted by Crippen LogP contribution is 2.47. The second-order valence-electron chi connectivity index (χ2n) is 15.7. The lowest BCUT2D eigenvalue weighted by atomic mass is 9.91. The molecule has 1 aliphatic heterocycles. The molecule has 5 rings (SSSR count). The molecule has 0 aromatic heterocycles. The molecule has 6 unspecified atom stereocenters. The maximum atomic E-state index is 14.1. The second kappa shape index (κ2) is 20.3. The van der Waals surface area contributed by atoms with E-state index >= 15 is 0 Å². The number of benzene rings is 3. The van der Waals surface area contributed by atoms with Gasteiger partial charge in [-0.1, -0.05) is 72.8 Å². The Hall–Kier alpha value is -5.88. The largest absolute Gasteiger partial charge is 0.460 e. The predicted molar refractivity (Wildman–Crippen MR) is 216 cm³/mol. The number of rotatable bonds is 16. The third-order valence-electron chi connectivity index (χ3n) is 9.59. The van der Waals surface area contributed by atoms with Crippen molar-refractivity contribution in [2.75, 3.05) is 13.2 Å². The first-order chi connectivity index (χ1) is 29.3. The molecule has 2 amide bonds. The van der Waals surface area contributed by atoms with E-state index < -0.39 is 97.0 Å². The summed E-state index contributed by atoms with van der Waals surface area (Å²) in [6.45, 7) is 4.07. The summed E-state index contributed by atoms with van der Waals surface area (Å²) in [5, 5.41) is 25.7. The van der Waals surface area contributed by atoms with Crippen molar-refractivity contribution in [1.82, 2.24) is 10.6 Å². The molecule has 3 aromatic carbocycles. The van der Waals surface area contributed by atoms with Crippen molar-refractivity contribution in [2.24, 2.45) is 0 Å². The number of amides is 2. The molecule has 1 saturated heterocycles. The zero-order valence-electron chi connectivity index (χ0n) is 34.4. The lowest BCUT2D eigenvalue weighted by Gasteiger charge is -2.32. The van der Waals surface area contributed by atoms with E-state index in [1.807, 2.05) is 12.1 Å². The summed E-state index contributed by atoms with van der Waals surface area (Å²) in [4.78, 5) is 65.5. The molecule has 1 heterocycles. The SMILES string of the molecule is CC(O)C(NC(=O)C1=CC2OC(c3ccccc3)(c3ccccc3)OC2C(OC(=O)c2cccc(C=CC(=O)OCC(F)(F)F)c2)C1)C(=O)NC(CO)CCC(=O)OC(C)(C)C. The van der Waals surface area contributed by atoms with Crippen LogP contribution in [0.4, 0.5) is 13.2 Å². The summed E-state index contributed by atoms with van der Waals surface area (Å²) < 4.78 is 66.4. The molecule has 2 aliphatic rings. The van der Waals surface area contributed by atoms with Crippen LogP contribution in [0.25, 0.3) is 6.08 Å². The van der Waals surface area contributed by atoms with E-state index in [0.29, 0.717) is 11.1 Å². The molecule has 0 bridgehead atoms. The van der Waals surface area contributed by atoms with Crippen molar-refractivity contribution in [2.45, 2.75) is 101 Å². The summed E-state index contributed by atoms with van der Waals surface area (Å²) >= 11 is 0. The van der Waals surface area contributed by atoms with Crippen LogP contribution in [-0.4, -0.2) is 101 Å². The molecule has 0 radical (unpaired) electrons. The van der Waals surface area contributed by atoms with Gasteiger partial charge in [-0.3, -0.25) is 14.4 Å². The zero-order chi connectivity index (χ0) is 45.2. The fourth-order valence-electron chi connectivity index (χ4n) is 6.76. The van der Waals surface area contributed by atoms with E-state index in [9.17, 15) is 47.4 Å². The van der Waals surface area contributed by atoms with Crippen molar-refractivity contribution in [3.63, 3.8) is 0 Å². The van der Waals surface area contributed by atoms with E-state index in [1.54, 1.807) is 69.3 Å². The molecule has 4 N–H and O–H groups in total. The summed E-state index contributed by atoms with van der Waals surface area (Å²) in [5.74, 6) is -5.87. The normalized spacial score (nSPS) is 19.9. The lowest BCUT2D eigenvalue weighted by molar-refractivity contribution is -0.182. The number of esters is 3. The third-order valence-corrected chi connectivity index (χ3v) is 9.59. The number of hydrogen-bond acceptors (Lipinski definition) is 12. The summed E-state index contributed by atoms with van der Waals surface area (Å²) in [7, 11) is 0. The first-order valence-corrected chi connectivity index (χ1v) is 19.8. The Balaban J connectivity index is 1.40. The summed E-state index contributed by atoms with van der Waals surface area (Å²) in [5.41, 5.74) is 0.702. The topological polar surface area (TPSA) is 196 Å². The van der Waals surface area contributed by atoms with Crippen molar-refractivity contribution in [3.8, 4) is 0 Å². The maximum Gasteiger partial charge on any atom is 0.422 e. The minimum Gasteiger partial charge on any atom is -0.460 e. The van der Waals surface area contributed by atoms with Crippen molar-refractivity contribution in [1.29, 1.82) is 0 Å². The molecular formula is C45H49F3N2O12. The Labute approximate surface area is 356 Å². The van der Waals surface area contributed by atoms with Crippen LogP contribution in [0.3, 0.4) is 0 Å². The van der Waals surface area contributed by atoms with Gasteiger partial charge in [-0.05, 0) is 64.0 Å². The van der Waals surface area contributed by atoms with Gasteiger partial charge in [0.25, 0.3) is 0 Å². The number of nitrogens with one attached hydrogen (secondary N) is 2. The molecule has 1 aliphatic carbocycles. The van der Waals surface area contributed by atoms with Gasteiger partial charge in [0.15, 0.2) is 6.61 Å². The molecule has 0 saturated carbocycles. The predicted octanol–water partition coefficient (Wildman–Crippen LogP) is 4.81. The minimum atomic E-state index is -4.71. The monoisotopic (exact) mass is 866 g/mol. The van der Waals surface area contributed by atoms with Gasteiger partial charge in [0.1, 0.15) is 30.0 Å². The van der Waals surface area contributed by atoms with Gasteiger partial charge in [0.2, 0.25) is 17.6 Å². The van der Waals surface area contributed by atoms with Crippen LogP contribution < -0.4 is 10.6 Å². The van der Waals surface area contributed by atoms with Gasteiger partial charge in [0.05, 0.1) is 24.3 Å². The van der Waals surface area contributed by atoms with E-state index in [4.69, 9.17) is 18.9 Å². The van der Waals surface area contributed by atoms with Gasteiger partial charge < -0.3 is 44.5 Å². The fourth-order valence-corrected chi connectivity index (χ4v) is 6.76. The highest BCUT2D eigenvalue weighted by atomic mass is 19.4. The first kappa shape index (κ1) is 47.2. The Morgan fingerprint density at radius 3 is 2.15 bits per heavy atom. The Bertz CT molecular complexity index is 2080. The van der Waals surface area contributed by atoms with Crippen LogP contribution in [0.5, 0.6) is 0 Å². The number of carbonyl (C=O) groups excluding carboxylic acids is 5. The quantitative estimate of drug-likeness (QED) is 0.0873. The Morgan fingerprint density at radius 1 is 0.919 bits per heavy atom. The molecular weight excluding hydrogens is 817 g/mol. The third kappa shape index (κ3) is 12.8. The molecule has 6 atom stereocenters. The molecule has 332 valence electrons. The number of hydrogen-bond donors (Lipinski definition) is 4. The van der Waals surface area contributed by atoms with Crippen LogP contribution >= 0.6 is 0 Å². The highest BCUT2D eigenvalue weighted by molar-refractivity contribution is 5.98. The van der Waals surface area contributed by atoms with Crippen LogP contribution in [-0.2, 0) is 48.6 Å². The van der Waals surface area contributed by atoms with Gasteiger partial charge in [-0.15, -0.1) is 0 Å². The Kier molecular flexibility index (Phi) is 15.5. The smallest absolute Gasteiger partial charge is 0.422 e. The van der Waals surface area contributed by atoms with Gasteiger partial charge >= 0.3 is 24.1 Å². The van der Waals surface area contributed by atoms with Crippen LogP contribution in [0.15, 0.2) is 103 Å². The average molecular weight is 867 g/mol. The minimum absolute atomic E-state index is 0.00844. The van der Waals surface area contributed by atoms with E-state index in [1.165, 1.54) is 37.3 Å². The Morgan fingerprint density at radius 2 is 1.56 bits per heavy atom. The second-order valence-corrected chi connectivity index (χ2v) is 15.7. The standard InChI is InChI=1S/C45H49F3N2O12/c1-27(52)38(41(56)49-33(25-51)19-21-37(54)61-43(2,3)4)50-40(55)30-23-34(59-42(57)29-13-11-12-28(22-29)18-20-36(53)58-26-44(46,47)48)39-35(24-30)60-45(62-39,31-14-7-5-8-15-31)32-16-9-6-10-17-32/h5-18,20,22,24,27,33-35,38-39,51-52H,19,21,23,25-26H2,1-4H3,(H,49,56)(H,50,55). The lowest BCUT2D eigenvalue weighted by Crippen LogP contribution is -2.55. The zero-order valence-corrected chi connectivity index (χ0v) is 34.4. The highest BCUT2D eigenvalue weighted by Gasteiger charge is 2.55. The van der Waals surface area contributed by atoms with E-state index in [0.717, 1.165) is 12.2 Å². The van der Waals surface area contributed by atoms with Crippen LogP contribution in [0.2, 0.25) is 0 Å². The van der Waals surface area contributed by atoms with E-state index in [-0.39, 0.29) is 36.0 Å². The van der Waals surface area contributed by atoms with Gasteiger partial charge in [-0.2, -0.15) is 13.2 Å². The maximum absolute atomic E-state index is 14.1. The number of ether oxygens (including phenoxy) is 5. The van der Waals surface area contributed by atoms with E-state index in [2.05, 4.69) is 15.4 Å². The number of aliphatic hydroxyl groups excluding tert-OH is 2. The summed E-state index contributed by atoms with van der Waals surface area (Å²) in [6, 6.07) is 21.2. The number of fused-ring (bicyclic) bond motifs is 1. The van der Waals surface area contributed by atoms with Gasteiger partial charge in [-0.25, -0.2) is 9.59 Å². The number of alkyl halides is 3. The molecule has 1 fully saturated rings. The van der Waals surface area contributed by atoms with Crippen LogP contribution in [0.1, 0.15) is 74.0 Å². The van der Waals surface area contributed by atoms with Crippen molar-refractivity contribution < 1.29 is 71.0 Å².